The largest absolute Gasteiger partial charge is 0.417 e. The van der Waals surface area contributed by atoms with Crippen molar-refractivity contribution in [3.8, 4) is 0 Å². The van der Waals surface area contributed by atoms with Gasteiger partial charge in [0, 0.05) is 17.0 Å². The van der Waals surface area contributed by atoms with Crippen molar-refractivity contribution in [1.82, 2.24) is 5.43 Å². The van der Waals surface area contributed by atoms with Crippen LogP contribution in [0.1, 0.15) is 29.3 Å². The number of carbonyl (C=O) groups is 2. The smallest absolute Gasteiger partial charge is 0.326 e. The van der Waals surface area contributed by atoms with Gasteiger partial charge in [0.1, 0.15) is 5.82 Å². The van der Waals surface area contributed by atoms with Crippen molar-refractivity contribution in [3.63, 3.8) is 0 Å². The molecule has 28 heavy (non-hydrogen) atoms. The highest BCUT2D eigenvalue weighted by Gasteiger charge is 2.33. The quantitative estimate of drug-likeness (QED) is 0.424. The first-order valence-electron chi connectivity index (χ1n) is 7.82. The molecular formula is C18H14ClF4N3O2. The van der Waals surface area contributed by atoms with Crippen LogP contribution in [-0.2, 0) is 11.0 Å². The average molecular weight is 416 g/mol. The summed E-state index contributed by atoms with van der Waals surface area (Å²) in [4.78, 5) is 23.8. The first-order valence-corrected chi connectivity index (χ1v) is 8.19. The Morgan fingerprint density at radius 3 is 2.50 bits per heavy atom. The third-order valence-electron chi connectivity index (χ3n) is 3.41. The zero-order valence-electron chi connectivity index (χ0n) is 14.4. The van der Waals surface area contributed by atoms with Crippen molar-refractivity contribution in [3.05, 3.63) is 64.4 Å². The lowest BCUT2D eigenvalue weighted by atomic mass is 10.2. The Labute approximate surface area is 162 Å². The van der Waals surface area contributed by atoms with Gasteiger partial charge in [0.25, 0.3) is 5.91 Å². The van der Waals surface area contributed by atoms with Gasteiger partial charge in [-0.1, -0.05) is 17.7 Å². The first-order chi connectivity index (χ1) is 13.1. The van der Waals surface area contributed by atoms with Crippen LogP contribution >= 0.6 is 11.6 Å². The Hall–Kier alpha value is -2.94. The third-order valence-corrected chi connectivity index (χ3v) is 3.74. The maximum atomic E-state index is 13.1. The molecule has 0 saturated heterocycles. The number of halogens is 5. The van der Waals surface area contributed by atoms with Gasteiger partial charge in [-0.15, -0.1) is 0 Å². The number of carbonyl (C=O) groups excluding carboxylic acids is 2. The molecule has 10 heteroatoms. The molecule has 2 rings (SSSR count). The molecule has 2 aromatic carbocycles. The summed E-state index contributed by atoms with van der Waals surface area (Å²) in [5, 5.41) is 5.53. The number of benzene rings is 2. The highest BCUT2D eigenvalue weighted by Crippen LogP contribution is 2.36. The summed E-state index contributed by atoms with van der Waals surface area (Å²) >= 11 is 5.52. The molecule has 0 aliphatic heterocycles. The Bertz CT molecular complexity index is 929. The van der Waals surface area contributed by atoms with E-state index in [1.807, 2.05) is 0 Å². The Balaban J connectivity index is 1.97. The van der Waals surface area contributed by atoms with Gasteiger partial charge >= 0.3 is 6.18 Å². The topological polar surface area (TPSA) is 70.6 Å². The van der Waals surface area contributed by atoms with Crippen molar-refractivity contribution in [2.75, 3.05) is 5.32 Å². The molecular weight excluding hydrogens is 402 g/mol. The number of rotatable bonds is 5. The molecule has 0 aliphatic rings. The number of amides is 2. The highest BCUT2D eigenvalue weighted by molar-refractivity contribution is 6.31. The first kappa shape index (κ1) is 21.4. The van der Waals surface area contributed by atoms with Crippen LogP contribution in [0, 0.1) is 5.82 Å². The summed E-state index contributed by atoms with van der Waals surface area (Å²) in [6, 6.07) is 7.92. The molecule has 0 bridgehead atoms. The van der Waals surface area contributed by atoms with Crippen LogP contribution in [0.2, 0.25) is 5.02 Å². The van der Waals surface area contributed by atoms with Gasteiger partial charge in [-0.2, -0.15) is 18.3 Å². The van der Waals surface area contributed by atoms with E-state index in [0.29, 0.717) is 0 Å². The second-order valence-corrected chi connectivity index (χ2v) is 6.12. The summed E-state index contributed by atoms with van der Waals surface area (Å²) in [5.41, 5.74) is 1.24. The van der Waals surface area contributed by atoms with Gasteiger partial charge in [0.15, 0.2) is 0 Å². The molecule has 0 saturated carbocycles. The number of nitrogens with one attached hydrogen (secondary N) is 2. The fraction of sp³-hybridized carbons (Fsp3) is 0.167. The molecule has 0 aliphatic carbocycles. The molecule has 0 unspecified atom stereocenters. The number of anilines is 1. The Kier molecular flexibility index (Phi) is 6.74. The summed E-state index contributed by atoms with van der Waals surface area (Å²) < 4.78 is 51.6. The molecule has 0 atom stereocenters. The standard InChI is InChI=1S/C18H14ClF4N3O2/c1-10(25-26-17(28)11-3-2-4-12(20)8-11)7-16(27)24-13-5-6-15(19)14(9-13)18(21,22)23/h2-6,8-9H,7H2,1H3,(H,24,27)(H,26,28)/b25-10+. The van der Waals surface area contributed by atoms with Crippen LogP contribution in [0.4, 0.5) is 23.2 Å². The third kappa shape index (κ3) is 6.05. The molecule has 0 radical (unpaired) electrons. The van der Waals surface area contributed by atoms with Crippen LogP contribution in [-0.4, -0.2) is 17.5 Å². The van der Waals surface area contributed by atoms with Crippen molar-refractivity contribution in [2.45, 2.75) is 19.5 Å². The zero-order chi connectivity index (χ0) is 20.9. The van der Waals surface area contributed by atoms with E-state index in [0.717, 1.165) is 18.2 Å². The SMILES string of the molecule is C/C(CC(=O)Nc1ccc(Cl)c(C(F)(F)F)c1)=N\NC(=O)c1cccc(F)c1. The lowest BCUT2D eigenvalue weighted by Crippen LogP contribution is -2.21. The van der Waals surface area contributed by atoms with Crippen LogP contribution in [0.15, 0.2) is 47.6 Å². The monoisotopic (exact) mass is 415 g/mol. The predicted octanol–water partition coefficient (Wildman–Crippen LogP) is 4.63. The number of alkyl halides is 3. The van der Waals surface area contributed by atoms with E-state index in [1.54, 1.807) is 0 Å². The number of nitrogens with zero attached hydrogens (tertiary/aromatic N) is 1. The van der Waals surface area contributed by atoms with Crippen molar-refractivity contribution >= 4 is 34.8 Å². The van der Waals surface area contributed by atoms with Gasteiger partial charge in [0.2, 0.25) is 5.91 Å². The molecule has 0 fully saturated rings. The van der Waals surface area contributed by atoms with Crippen LogP contribution < -0.4 is 10.7 Å². The maximum absolute atomic E-state index is 13.1. The van der Waals surface area contributed by atoms with Gasteiger partial charge in [0.05, 0.1) is 17.0 Å². The Morgan fingerprint density at radius 2 is 1.86 bits per heavy atom. The van der Waals surface area contributed by atoms with Gasteiger partial charge in [-0.25, -0.2) is 9.82 Å². The van der Waals surface area contributed by atoms with Crippen molar-refractivity contribution in [2.24, 2.45) is 5.10 Å². The van der Waals surface area contributed by atoms with Crippen molar-refractivity contribution < 1.29 is 27.2 Å². The number of hydrogen-bond acceptors (Lipinski definition) is 3. The minimum Gasteiger partial charge on any atom is -0.326 e. The summed E-state index contributed by atoms with van der Waals surface area (Å²) in [6.07, 6.45) is -4.94. The number of hydrogen-bond donors (Lipinski definition) is 2. The zero-order valence-corrected chi connectivity index (χ0v) is 15.2. The second-order valence-electron chi connectivity index (χ2n) is 5.72. The normalized spacial score (nSPS) is 11.9. The van der Waals surface area contributed by atoms with E-state index in [1.165, 1.54) is 31.2 Å². The molecule has 0 aromatic heterocycles. The molecule has 0 spiro atoms. The van der Waals surface area contributed by atoms with Crippen LogP contribution in [0.3, 0.4) is 0 Å². The molecule has 2 aromatic rings. The van der Waals surface area contributed by atoms with E-state index in [-0.39, 0.29) is 23.4 Å². The number of hydrazone groups is 1. The summed E-state index contributed by atoms with van der Waals surface area (Å²) in [5.74, 6) is -1.91. The van der Waals surface area contributed by atoms with E-state index < -0.39 is 34.4 Å². The highest BCUT2D eigenvalue weighted by atomic mass is 35.5. The average Bonchev–Trinajstić information content (AvgIpc) is 2.60. The lowest BCUT2D eigenvalue weighted by molar-refractivity contribution is -0.137. The molecule has 2 amide bonds. The van der Waals surface area contributed by atoms with E-state index in [2.05, 4.69) is 15.8 Å². The summed E-state index contributed by atoms with van der Waals surface area (Å²) in [6.45, 7) is 1.44. The van der Waals surface area contributed by atoms with E-state index >= 15 is 0 Å². The maximum Gasteiger partial charge on any atom is 0.417 e. The van der Waals surface area contributed by atoms with E-state index in [4.69, 9.17) is 11.6 Å². The minimum absolute atomic E-state index is 0.0434. The molecule has 0 heterocycles. The van der Waals surface area contributed by atoms with E-state index in [9.17, 15) is 27.2 Å². The fourth-order valence-electron chi connectivity index (χ4n) is 2.14. The van der Waals surface area contributed by atoms with Gasteiger partial charge in [-0.05, 0) is 43.3 Å². The van der Waals surface area contributed by atoms with Crippen molar-refractivity contribution in [1.29, 1.82) is 0 Å². The lowest BCUT2D eigenvalue weighted by Gasteiger charge is -2.11. The van der Waals surface area contributed by atoms with Gasteiger partial charge < -0.3 is 5.32 Å². The minimum atomic E-state index is -4.66. The predicted molar refractivity (Wildman–Crippen MR) is 96.7 cm³/mol. The van der Waals surface area contributed by atoms with Gasteiger partial charge in [-0.3, -0.25) is 9.59 Å². The second kappa shape index (κ2) is 8.83. The van der Waals surface area contributed by atoms with Crippen LogP contribution in [0.5, 0.6) is 0 Å². The summed E-state index contributed by atoms with van der Waals surface area (Å²) in [7, 11) is 0. The molecule has 148 valence electrons. The molecule has 5 nitrogen and oxygen atoms in total. The fourth-order valence-corrected chi connectivity index (χ4v) is 2.36. The molecule has 2 N–H and O–H groups in total. The van der Waals surface area contributed by atoms with Crippen LogP contribution in [0.25, 0.3) is 0 Å². The Morgan fingerprint density at radius 1 is 1.14 bits per heavy atom.